The van der Waals surface area contributed by atoms with Crippen LogP contribution in [0.1, 0.15) is 30.0 Å². The zero-order valence-electron chi connectivity index (χ0n) is 10.2. The third-order valence-electron chi connectivity index (χ3n) is 2.77. The van der Waals surface area contributed by atoms with Gasteiger partial charge in [-0.05, 0) is 38.1 Å². The zero-order valence-corrected chi connectivity index (χ0v) is 11.8. The minimum Gasteiger partial charge on any atom is -0.382 e. The van der Waals surface area contributed by atoms with E-state index in [2.05, 4.69) is 21.0 Å². The summed E-state index contributed by atoms with van der Waals surface area (Å²) in [6.07, 6.45) is -1.01. The highest BCUT2D eigenvalue weighted by Crippen LogP contribution is 2.27. The Morgan fingerprint density at radius 2 is 2.17 bits per heavy atom. The van der Waals surface area contributed by atoms with Crippen LogP contribution >= 0.6 is 15.9 Å². The van der Waals surface area contributed by atoms with E-state index in [-0.39, 0.29) is 5.56 Å². The number of halogens is 2. The quantitative estimate of drug-likeness (QED) is 0.945. The molecule has 0 saturated carbocycles. The molecule has 0 amide bonds. The lowest BCUT2D eigenvalue weighted by atomic mass is 10.1. The van der Waals surface area contributed by atoms with Crippen LogP contribution in [0, 0.1) is 12.7 Å². The fraction of sp³-hybridized carbons (Fsp3) is 0.308. The van der Waals surface area contributed by atoms with Crippen molar-refractivity contribution in [2.75, 3.05) is 0 Å². The molecule has 1 aromatic heterocycles. The number of aromatic nitrogens is 2. The average Bonchev–Trinajstić information content (AvgIpc) is 2.72. The number of aryl methyl sites for hydroxylation is 2. The largest absolute Gasteiger partial charge is 0.382 e. The Morgan fingerprint density at radius 1 is 1.44 bits per heavy atom. The van der Waals surface area contributed by atoms with Crippen molar-refractivity contribution in [1.82, 2.24) is 9.78 Å². The number of aliphatic hydroxyl groups excluding tert-OH is 1. The van der Waals surface area contributed by atoms with E-state index in [9.17, 15) is 9.50 Å². The van der Waals surface area contributed by atoms with Gasteiger partial charge in [0, 0.05) is 16.6 Å². The van der Waals surface area contributed by atoms with E-state index in [0.29, 0.717) is 12.2 Å². The minimum atomic E-state index is -1.01. The smallest absolute Gasteiger partial charge is 0.129 e. The molecule has 1 heterocycles. The molecule has 0 radical (unpaired) electrons. The van der Waals surface area contributed by atoms with Gasteiger partial charge in [-0.25, -0.2) is 4.39 Å². The molecule has 1 aromatic carbocycles. The number of nitrogens with zero attached hydrogens (tertiary/aromatic N) is 2. The summed E-state index contributed by atoms with van der Waals surface area (Å²) in [6, 6.07) is 6.30. The number of hydrogen-bond donors (Lipinski definition) is 1. The second kappa shape index (κ2) is 5.20. The van der Waals surface area contributed by atoms with Gasteiger partial charge in [0.2, 0.25) is 0 Å². The molecular formula is C13H14BrFN2O. The lowest BCUT2D eigenvalue weighted by Crippen LogP contribution is -2.10. The van der Waals surface area contributed by atoms with Gasteiger partial charge in [-0.3, -0.25) is 4.68 Å². The molecule has 0 aliphatic carbocycles. The maximum absolute atomic E-state index is 13.7. The Kier molecular flexibility index (Phi) is 3.82. The Labute approximate surface area is 113 Å². The average molecular weight is 313 g/mol. The van der Waals surface area contributed by atoms with Crippen molar-refractivity contribution in [2.45, 2.75) is 26.5 Å². The molecule has 0 fully saturated rings. The van der Waals surface area contributed by atoms with Gasteiger partial charge in [-0.1, -0.05) is 15.9 Å². The molecule has 3 nitrogen and oxygen atoms in total. The first-order valence-corrected chi connectivity index (χ1v) is 6.49. The first kappa shape index (κ1) is 13.2. The van der Waals surface area contributed by atoms with E-state index in [1.54, 1.807) is 22.9 Å². The summed E-state index contributed by atoms with van der Waals surface area (Å²) in [6.45, 7) is 4.41. The molecule has 0 aliphatic heterocycles. The van der Waals surface area contributed by atoms with E-state index < -0.39 is 11.9 Å². The summed E-state index contributed by atoms with van der Waals surface area (Å²) in [7, 11) is 0. The van der Waals surface area contributed by atoms with Crippen molar-refractivity contribution in [3.05, 3.63) is 51.5 Å². The molecule has 0 bridgehead atoms. The van der Waals surface area contributed by atoms with Crippen molar-refractivity contribution < 1.29 is 9.50 Å². The number of aliphatic hydroxyl groups is 1. The Balaban J connectivity index is 2.46. The fourth-order valence-electron chi connectivity index (χ4n) is 1.92. The lowest BCUT2D eigenvalue weighted by Gasteiger charge is -2.13. The van der Waals surface area contributed by atoms with Crippen molar-refractivity contribution in [3.63, 3.8) is 0 Å². The van der Waals surface area contributed by atoms with E-state index in [0.717, 1.165) is 10.2 Å². The Morgan fingerprint density at radius 3 is 2.83 bits per heavy atom. The number of rotatable bonds is 3. The van der Waals surface area contributed by atoms with Crippen LogP contribution in [0.2, 0.25) is 0 Å². The molecule has 0 aliphatic rings. The SMILES string of the molecule is CCn1nc(C)cc1C(O)c1cc(Br)ccc1F. The molecule has 5 heteroatoms. The monoisotopic (exact) mass is 312 g/mol. The molecule has 18 heavy (non-hydrogen) atoms. The summed E-state index contributed by atoms with van der Waals surface area (Å²) in [5.74, 6) is -0.424. The molecule has 0 saturated heterocycles. The maximum Gasteiger partial charge on any atom is 0.129 e. The molecular weight excluding hydrogens is 299 g/mol. The van der Waals surface area contributed by atoms with Gasteiger partial charge in [-0.15, -0.1) is 0 Å². The van der Waals surface area contributed by atoms with Crippen LogP contribution in [-0.4, -0.2) is 14.9 Å². The first-order chi connectivity index (χ1) is 8.52. The second-order valence-electron chi connectivity index (χ2n) is 4.09. The minimum absolute atomic E-state index is 0.249. The number of hydrogen-bond acceptors (Lipinski definition) is 2. The zero-order chi connectivity index (χ0) is 13.3. The van der Waals surface area contributed by atoms with Crippen LogP contribution in [0.15, 0.2) is 28.7 Å². The van der Waals surface area contributed by atoms with E-state index in [4.69, 9.17) is 0 Å². The third kappa shape index (κ3) is 2.47. The van der Waals surface area contributed by atoms with Crippen LogP contribution in [-0.2, 0) is 6.54 Å². The summed E-state index contributed by atoms with van der Waals surface area (Å²) in [5, 5.41) is 14.6. The van der Waals surface area contributed by atoms with Crippen LogP contribution < -0.4 is 0 Å². The molecule has 1 atom stereocenters. The molecule has 2 rings (SSSR count). The summed E-state index contributed by atoms with van der Waals surface area (Å²) < 4.78 is 16.2. The van der Waals surface area contributed by atoms with Crippen molar-refractivity contribution >= 4 is 15.9 Å². The predicted molar refractivity (Wildman–Crippen MR) is 70.8 cm³/mol. The summed E-state index contributed by atoms with van der Waals surface area (Å²) in [5.41, 5.74) is 1.66. The molecule has 1 unspecified atom stereocenters. The van der Waals surface area contributed by atoms with Crippen LogP contribution in [0.3, 0.4) is 0 Å². The first-order valence-electron chi connectivity index (χ1n) is 5.70. The molecule has 96 valence electrons. The maximum atomic E-state index is 13.7. The van der Waals surface area contributed by atoms with Gasteiger partial charge in [0.15, 0.2) is 0 Å². The molecule has 2 aromatic rings. The van der Waals surface area contributed by atoms with Crippen molar-refractivity contribution in [2.24, 2.45) is 0 Å². The molecule has 1 N–H and O–H groups in total. The standard InChI is InChI=1S/C13H14BrFN2O/c1-3-17-12(6-8(2)16-17)13(18)10-7-9(14)4-5-11(10)15/h4-7,13,18H,3H2,1-2H3. The van der Waals surface area contributed by atoms with E-state index >= 15 is 0 Å². The van der Waals surface area contributed by atoms with E-state index in [1.165, 1.54) is 6.07 Å². The van der Waals surface area contributed by atoms with Gasteiger partial charge < -0.3 is 5.11 Å². The molecule has 0 spiro atoms. The lowest BCUT2D eigenvalue weighted by molar-refractivity contribution is 0.203. The van der Waals surface area contributed by atoms with Gasteiger partial charge in [0.05, 0.1) is 11.4 Å². The van der Waals surface area contributed by atoms with Gasteiger partial charge in [0.1, 0.15) is 11.9 Å². The number of benzene rings is 1. The Bertz CT molecular complexity index is 568. The highest BCUT2D eigenvalue weighted by molar-refractivity contribution is 9.10. The predicted octanol–water partition coefficient (Wildman–Crippen LogP) is 3.19. The highest BCUT2D eigenvalue weighted by Gasteiger charge is 2.19. The van der Waals surface area contributed by atoms with Crippen LogP contribution in [0.25, 0.3) is 0 Å². The van der Waals surface area contributed by atoms with Crippen LogP contribution in [0.5, 0.6) is 0 Å². The topological polar surface area (TPSA) is 38.0 Å². The second-order valence-corrected chi connectivity index (χ2v) is 5.01. The van der Waals surface area contributed by atoms with Crippen molar-refractivity contribution in [3.8, 4) is 0 Å². The van der Waals surface area contributed by atoms with E-state index in [1.807, 2.05) is 13.8 Å². The van der Waals surface area contributed by atoms with Gasteiger partial charge >= 0.3 is 0 Å². The van der Waals surface area contributed by atoms with Gasteiger partial charge in [-0.2, -0.15) is 5.10 Å². The highest BCUT2D eigenvalue weighted by atomic mass is 79.9. The van der Waals surface area contributed by atoms with Gasteiger partial charge in [0.25, 0.3) is 0 Å². The van der Waals surface area contributed by atoms with Crippen molar-refractivity contribution in [1.29, 1.82) is 0 Å². The normalized spacial score (nSPS) is 12.7. The van der Waals surface area contributed by atoms with Crippen LogP contribution in [0.4, 0.5) is 4.39 Å². The summed E-state index contributed by atoms with van der Waals surface area (Å²) in [4.78, 5) is 0. The summed E-state index contributed by atoms with van der Waals surface area (Å²) >= 11 is 3.28. The fourth-order valence-corrected chi connectivity index (χ4v) is 2.30. The Hall–Kier alpha value is -1.20. The third-order valence-corrected chi connectivity index (χ3v) is 3.26.